The molecule has 0 radical (unpaired) electrons. The topological polar surface area (TPSA) is 61.8 Å². The van der Waals surface area contributed by atoms with Crippen LogP contribution >= 0.6 is 0 Å². The van der Waals surface area contributed by atoms with Gasteiger partial charge >= 0.3 is 0 Å². The molecule has 1 aromatic rings. The van der Waals surface area contributed by atoms with Crippen LogP contribution < -0.4 is 5.73 Å². The Bertz CT molecular complexity index is 433. The van der Waals surface area contributed by atoms with Crippen molar-refractivity contribution < 1.29 is 5.21 Å². The van der Waals surface area contributed by atoms with Crippen LogP contribution in [0.25, 0.3) is 0 Å². The normalized spacial score (nSPS) is 22.1. The molecule has 1 aromatic carbocycles. The summed E-state index contributed by atoms with van der Waals surface area (Å²) in [5.74, 6) is 1.08. The number of hydrogen-bond donors (Lipinski definition) is 2. The molecule has 0 bridgehead atoms. The molecular weight excluding hydrogens is 250 g/mol. The highest BCUT2D eigenvalue weighted by molar-refractivity contribution is 5.87. The van der Waals surface area contributed by atoms with E-state index in [0.29, 0.717) is 5.84 Å². The Morgan fingerprint density at radius 1 is 1.45 bits per heavy atom. The highest BCUT2D eigenvalue weighted by Crippen LogP contribution is 2.24. The monoisotopic (exact) mass is 275 g/mol. The van der Waals surface area contributed by atoms with Crippen LogP contribution in [-0.4, -0.2) is 35.6 Å². The quantitative estimate of drug-likeness (QED) is 0.363. The highest BCUT2D eigenvalue weighted by Gasteiger charge is 2.26. The van der Waals surface area contributed by atoms with Gasteiger partial charge in [-0.3, -0.25) is 0 Å². The molecule has 110 valence electrons. The van der Waals surface area contributed by atoms with Crippen LogP contribution in [0, 0.1) is 5.92 Å². The molecule has 2 rings (SSSR count). The van der Waals surface area contributed by atoms with Crippen molar-refractivity contribution in [3.8, 4) is 0 Å². The summed E-state index contributed by atoms with van der Waals surface area (Å²) in [5, 5.41) is 12.3. The van der Waals surface area contributed by atoms with Gasteiger partial charge in [0.25, 0.3) is 0 Å². The summed E-state index contributed by atoms with van der Waals surface area (Å²) in [6.45, 7) is 5.33. The first-order valence-electron chi connectivity index (χ1n) is 7.49. The molecule has 1 heterocycles. The lowest BCUT2D eigenvalue weighted by Crippen LogP contribution is -2.34. The Hall–Kier alpha value is -1.55. The molecule has 4 nitrogen and oxygen atoms in total. The van der Waals surface area contributed by atoms with E-state index in [1.165, 1.54) is 19.3 Å². The minimum Gasteiger partial charge on any atom is -0.409 e. The maximum atomic E-state index is 9.02. The summed E-state index contributed by atoms with van der Waals surface area (Å²) in [6.07, 6.45) is 3.82. The van der Waals surface area contributed by atoms with E-state index in [0.717, 1.165) is 31.1 Å². The number of benzene rings is 1. The lowest BCUT2D eigenvalue weighted by Gasteiger charge is -2.23. The van der Waals surface area contributed by atoms with Gasteiger partial charge in [-0.15, -0.1) is 0 Å². The van der Waals surface area contributed by atoms with E-state index in [9.17, 15) is 0 Å². The van der Waals surface area contributed by atoms with E-state index in [-0.39, 0.29) is 5.92 Å². The molecule has 1 aliphatic heterocycles. The molecule has 0 aromatic heterocycles. The van der Waals surface area contributed by atoms with Crippen molar-refractivity contribution in [3.05, 3.63) is 35.9 Å². The van der Waals surface area contributed by atoms with Crippen molar-refractivity contribution in [3.63, 3.8) is 0 Å². The molecule has 0 spiro atoms. The fourth-order valence-electron chi connectivity index (χ4n) is 3.11. The number of oxime groups is 1. The molecule has 1 fully saturated rings. The van der Waals surface area contributed by atoms with Crippen molar-refractivity contribution in [2.75, 3.05) is 19.6 Å². The zero-order valence-corrected chi connectivity index (χ0v) is 12.2. The van der Waals surface area contributed by atoms with Crippen molar-refractivity contribution in [1.29, 1.82) is 0 Å². The van der Waals surface area contributed by atoms with Crippen LogP contribution in [0.1, 0.15) is 37.7 Å². The van der Waals surface area contributed by atoms with Gasteiger partial charge in [0.2, 0.25) is 0 Å². The Balaban J connectivity index is 2.03. The second-order valence-electron chi connectivity index (χ2n) is 5.69. The Kier molecular flexibility index (Phi) is 5.41. The number of likely N-dealkylation sites (tertiary alicyclic amines) is 1. The lowest BCUT2D eigenvalue weighted by molar-refractivity contribution is 0.300. The molecule has 0 saturated carbocycles. The average Bonchev–Trinajstić information content (AvgIpc) is 2.93. The second kappa shape index (κ2) is 7.29. The molecule has 2 atom stereocenters. The molecule has 2 unspecified atom stereocenters. The average molecular weight is 275 g/mol. The number of nitrogens with two attached hydrogens (primary N) is 1. The lowest BCUT2D eigenvalue weighted by atomic mass is 9.97. The highest BCUT2D eigenvalue weighted by atomic mass is 16.4. The number of amidine groups is 1. The molecule has 1 saturated heterocycles. The van der Waals surface area contributed by atoms with Crippen LogP contribution in [0.5, 0.6) is 0 Å². The van der Waals surface area contributed by atoms with E-state index >= 15 is 0 Å². The summed E-state index contributed by atoms with van der Waals surface area (Å²) < 4.78 is 0. The molecule has 20 heavy (non-hydrogen) atoms. The summed E-state index contributed by atoms with van der Waals surface area (Å²) in [5.41, 5.74) is 7.01. The van der Waals surface area contributed by atoms with Crippen LogP contribution in [0.4, 0.5) is 0 Å². The SMILES string of the molecule is CCCC1CCN(CC(/C(N)=N/O)c2ccccc2)C1. The largest absolute Gasteiger partial charge is 0.409 e. The first-order chi connectivity index (χ1) is 9.74. The van der Waals surface area contributed by atoms with Gasteiger partial charge < -0.3 is 15.8 Å². The van der Waals surface area contributed by atoms with Gasteiger partial charge in [0.1, 0.15) is 5.84 Å². The van der Waals surface area contributed by atoms with Gasteiger partial charge in [-0.2, -0.15) is 0 Å². The molecule has 4 heteroatoms. The van der Waals surface area contributed by atoms with E-state index in [2.05, 4.69) is 17.0 Å². The maximum Gasteiger partial charge on any atom is 0.147 e. The van der Waals surface area contributed by atoms with Gasteiger partial charge in [-0.25, -0.2) is 0 Å². The summed E-state index contributed by atoms with van der Waals surface area (Å²) >= 11 is 0. The third-order valence-corrected chi connectivity index (χ3v) is 4.18. The number of rotatable bonds is 6. The van der Waals surface area contributed by atoms with Gasteiger partial charge in [0, 0.05) is 13.1 Å². The summed E-state index contributed by atoms with van der Waals surface area (Å²) in [7, 11) is 0. The molecule has 0 aliphatic carbocycles. The van der Waals surface area contributed by atoms with Gasteiger partial charge in [0.05, 0.1) is 5.92 Å². The van der Waals surface area contributed by atoms with E-state index < -0.39 is 0 Å². The zero-order valence-electron chi connectivity index (χ0n) is 12.2. The number of hydrogen-bond acceptors (Lipinski definition) is 3. The Morgan fingerprint density at radius 3 is 2.85 bits per heavy atom. The molecular formula is C16H25N3O. The first-order valence-corrected chi connectivity index (χ1v) is 7.49. The third-order valence-electron chi connectivity index (χ3n) is 4.18. The standard InChI is InChI=1S/C16H25N3O/c1-2-6-13-9-10-19(11-13)12-15(16(17)18-20)14-7-4-3-5-8-14/h3-5,7-8,13,15,20H,2,6,9-12H2,1H3,(H2,17,18). The van der Waals surface area contributed by atoms with Gasteiger partial charge in [0.15, 0.2) is 0 Å². The number of nitrogens with zero attached hydrogens (tertiary/aromatic N) is 2. The smallest absolute Gasteiger partial charge is 0.147 e. The van der Waals surface area contributed by atoms with Crippen LogP contribution in [0.2, 0.25) is 0 Å². The molecule has 0 amide bonds. The van der Waals surface area contributed by atoms with E-state index in [1.807, 2.05) is 30.3 Å². The minimum atomic E-state index is -0.0263. The van der Waals surface area contributed by atoms with Gasteiger partial charge in [-0.05, 0) is 30.9 Å². The van der Waals surface area contributed by atoms with E-state index in [1.54, 1.807) is 0 Å². The van der Waals surface area contributed by atoms with Crippen molar-refractivity contribution in [1.82, 2.24) is 4.90 Å². The van der Waals surface area contributed by atoms with Crippen molar-refractivity contribution in [2.45, 2.75) is 32.1 Å². The zero-order chi connectivity index (χ0) is 14.4. The summed E-state index contributed by atoms with van der Waals surface area (Å²) in [6, 6.07) is 10.1. The Labute approximate surface area is 121 Å². The molecule has 3 N–H and O–H groups in total. The predicted molar refractivity (Wildman–Crippen MR) is 82.0 cm³/mol. The maximum absolute atomic E-state index is 9.02. The minimum absolute atomic E-state index is 0.0263. The fraction of sp³-hybridized carbons (Fsp3) is 0.562. The third kappa shape index (κ3) is 3.73. The Morgan fingerprint density at radius 2 is 2.20 bits per heavy atom. The van der Waals surface area contributed by atoms with Crippen molar-refractivity contribution >= 4 is 5.84 Å². The predicted octanol–water partition coefficient (Wildman–Crippen LogP) is 2.64. The second-order valence-corrected chi connectivity index (χ2v) is 5.69. The van der Waals surface area contributed by atoms with Crippen molar-refractivity contribution in [2.24, 2.45) is 16.8 Å². The molecule has 1 aliphatic rings. The fourth-order valence-corrected chi connectivity index (χ4v) is 3.11. The van der Waals surface area contributed by atoms with Crippen LogP contribution in [0.3, 0.4) is 0 Å². The van der Waals surface area contributed by atoms with Crippen LogP contribution in [-0.2, 0) is 0 Å². The van der Waals surface area contributed by atoms with E-state index in [4.69, 9.17) is 10.9 Å². The first kappa shape index (κ1) is 14.9. The van der Waals surface area contributed by atoms with Crippen LogP contribution in [0.15, 0.2) is 35.5 Å². The van der Waals surface area contributed by atoms with Gasteiger partial charge in [-0.1, -0.05) is 48.8 Å². The summed E-state index contributed by atoms with van der Waals surface area (Å²) in [4.78, 5) is 2.44.